The van der Waals surface area contributed by atoms with Gasteiger partial charge in [-0.1, -0.05) is 96.9 Å². The van der Waals surface area contributed by atoms with Crippen LogP contribution >= 0.6 is 0 Å². The highest BCUT2D eigenvalue weighted by atomic mass is 16.4. The molecule has 0 saturated heterocycles. The predicted molar refractivity (Wildman–Crippen MR) is 159 cm³/mol. The molecule has 4 heteroatoms. The van der Waals surface area contributed by atoms with Crippen LogP contribution in [0.5, 0.6) is 11.5 Å². The van der Waals surface area contributed by atoms with Crippen LogP contribution in [0.2, 0.25) is 0 Å². The Morgan fingerprint density at radius 2 is 0.632 bits per heavy atom. The van der Waals surface area contributed by atoms with E-state index in [2.05, 4.69) is 0 Å². The topological polar surface area (TPSA) is 80.9 Å². The molecule has 0 aromatic heterocycles. The quantitative estimate of drug-likeness (QED) is 0.317. The third-order valence-electron chi connectivity index (χ3n) is 8.11. The van der Waals surface area contributed by atoms with Gasteiger partial charge in [0.05, 0.1) is 0 Å². The van der Waals surface area contributed by atoms with E-state index in [-0.39, 0.29) is 46.0 Å². The van der Waals surface area contributed by atoms with Gasteiger partial charge in [0.2, 0.25) is 0 Å². The number of rotatable bonds is 5. The van der Waals surface area contributed by atoms with Crippen molar-refractivity contribution in [2.75, 3.05) is 0 Å². The summed E-state index contributed by atoms with van der Waals surface area (Å²) in [6.45, 7) is 28.3. The van der Waals surface area contributed by atoms with Crippen LogP contribution in [0.25, 0.3) is 0 Å². The van der Waals surface area contributed by atoms with E-state index in [1.54, 1.807) is 0 Å². The fraction of sp³-hybridized carbons (Fsp3) is 0.647. The third-order valence-corrected chi connectivity index (χ3v) is 8.11. The van der Waals surface area contributed by atoms with Gasteiger partial charge in [0.25, 0.3) is 0 Å². The van der Waals surface area contributed by atoms with Gasteiger partial charge in [-0.25, -0.2) is 0 Å². The van der Waals surface area contributed by atoms with Crippen LogP contribution in [-0.2, 0) is 32.9 Å². The number of aromatic hydroxyl groups is 2. The molecule has 0 aliphatic heterocycles. The van der Waals surface area contributed by atoms with E-state index in [1.807, 2.05) is 121 Å². The Bertz CT molecular complexity index is 1000. The molecule has 0 aliphatic rings. The van der Waals surface area contributed by atoms with Crippen LogP contribution in [0.3, 0.4) is 0 Å². The molecule has 0 unspecified atom stereocenters. The van der Waals surface area contributed by atoms with Gasteiger partial charge in [0.15, 0.2) is 0 Å². The van der Waals surface area contributed by atoms with Crippen molar-refractivity contribution in [3.63, 3.8) is 0 Å². The van der Waals surface area contributed by atoms with Crippen LogP contribution in [0.15, 0.2) is 24.3 Å². The molecule has 2 rings (SSSR count). The summed E-state index contributed by atoms with van der Waals surface area (Å²) in [5.74, 6) is 0.476. The van der Waals surface area contributed by atoms with Crippen molar-refractivity contribution in [3.05, 3.63) is 57.6 Å². The highest BCUT2D eigenvalue weighted by Crippen LogP contribution is 2.51. The second kappa shape index (κ2) is 9.86. The van der Waals surface area contributed by atoms with Crippen LogP contribution < -0.4 is 0 Å². The summed E-state index contributed by atoms with van der Waals surface area (Å²) in [6.07, 6.45) is 0.512. The highest BCUT2D eigenvalue weighted by molar-refractivity contribution is 5.55. The van der Waals surface area contributed by atoms with Gasteiger partial charge < -0.3 is 20.4 Å². The molecule has 214 valence electrons. The van der Waals surface area contributed by atoms with Crippen LogP contribution in [0, 0.1) is 0 Å². The average Bonchev–Trinajstić information content (AvgIpc) is 2.74. The summed E-state index contributed by atoms with van der Waals surface area (Å²) in [7, 11) is 0. The Morgan fingerprint density at radius 1 is 0.447 bits per heavy atom. The molecule has 0 heterocycles. The number of aliphatic hydroxyl groups is 2. The monoisotopic (exact) mass is 526 g/mol. The van der Waals surface area contributed by atoms with E-state index in [4.69, 9.17) is 0 Å². The molecule has 0 saturated carbocycles. The minimum absolute atomic E-state index is 0.238. The molecule has 2 atom stereocenters. The summed E-state index contributed by atoms with van der Waals surface area (Å²) in [4.78, 5) is 0. The second-order valence-electron chi connectivity index (χ2n) is 15.3. The fourth-order valence-electron chi connectivity index (χ4n) is 5.50. The van der Waals surface area contributed by atoms with Gasteiger partial charge in [-0.3, -0.25) is 0 Å². The fourth-order valence-corrected chi connectivity index (χ4v) is 5.50. The number of benzene rings is 2. The lowest BCUT2D eigenvalue weighted by molar-refractivity contribution is -0.169. The molecule has 4 nitrogen and oxygen atoms in total. The number of phenolic OH excluding ortho intramolecular Hbond substituents is 2. The lowest BCUT2D eigenvalue weighted by atomic mass is 9.66. The summed E-state index contributed by atoms with van der Waals surface area (Å²) >= 11 is 0. The van der Waals surface area contributed by atoms with Crippen molar-refractivity contribution in [3.8, 4) is 11.5 Å². The van der Waals surface area contributed by atoms with Crippen molar-refractivity contribution in [1.82, 2.24) is 0 Å². The maximum absolute atomic E-state index is 12.6. The SMILES string of the molecule is CC[C@@](O)(c1cc(C(C)(C)C)c(O)c(C(C)(C)C)c1)[C@](O)(CC)c1cc(C(C)(C)C)c(O)c(C(C)(C)C)c1. The molecule has 0 aliphatic carbocycles. The molecule has 2 aromatic rings. The number of hydrogen-bond acceptors (Lipinski definition) is 4. The smallest absolute Gasteiger partial charge is 0.123 e. The summed E-state index contributed by atoms with van der Waals surface area (Å²) in [5.41, 5.74) is -0.709. The minimum Gasteiger partial charge on any atom is -0.507 e. The average molecular weight is 527 g/mol. The summed E-state index contributed by atoms with van der Waals surface area (Å²) in [5, 5.41) is 47.8. The van der Waals surface area contributed by atoms with E-state index in [9.17, 15) is 20.4 Å². The molecule has 0 fully saturated rings. The standard InChI is InChI=1S/C34H54O4/c1-15-33(37,21-17-23(29(3,4)5)27(35)24(18-21)30(6,7)8)34(38,16-2)22-19-25(31(9,10)11)28(36)26(20-22)32(12,13)14/h17-20,35-38H,15-16H2,1-14H3/t33-,34+. The third kappa shape index (κ3) is 5.63. The lowest BCUT2D eigenvalue weighted by Crippen LogP contribution is -2.49. The first-order valence-corrected chi connectivity index (χ1v) is 14.1. The Hall–Kier alpha value is -2.04. The minimum atomic E-state index is -1.66. The first-order chi connectivity index (χ1) is 16.9. The Balaban J connectivity index is 3.07. The zero-order valence-corrected chi connectivity index (χ0v) is 26.5. The summed E-state index contributed by atoms with van der Waals surface area (Å²) < 4.78 is 0. The van der Waals surface area contributed by atoms with Crippen molar-refractivity contribution in [1.29, 1.82) is 0 Å². The normalized spacial score (nSPS) is 16.7. The first kappa shape index (κ1) is 32.2. The molecule has 2 aromatic carbocycles. The van der Waals surface area contributed by atoms with Gasteiger partial charge in [0.1, 0.15) is 22.7 Å². The van der Waals surface area contributed by atoms with Crippen LogP contribution in [0.1, 0.15) is 143 Å². The Kier molecular flexibility index (Phi) is 8.34. The van der Waals surface area contributed by atoms with Gasteiger partial charge >= 0.3 is 0 Å². The molecule has 38 heavy (non-hydrogen) atoms. The van der Waals surface area contributed by atoms with E-state index in [0.29, 0.717) is 11.1 Å². The van der Waals surface area contributed by atoms with Gasteiger partial charge in [-0.15, -0.1) is 0 Å². The first-order valence-electron chi connectivity index (χ1n) is 14.1. The predicted octanol–water partition coefficient (Wildman–Crippen LogP) is 8.18. The van der Waals surface area contributed by atoms with Crippen molar-refractivity contribution >= 4 is 0 Å². The highest BCUT2D eigenvalue weighted by Gasteiger charge is 2.51. The maximum atomic E-state index is 12.6. The zero-order valence-electron chi connectivity index (χ0n) is 26.5. The molecule has 4 N–H and O–H groups in total. The number of hydrogen-bond donors (Lipinski definition) is 4. The molecular weight excluding hydrogens is 472 g/mol. The van der Waals surface area contributed by atoms with Crippen LogP contribution in [0.4, 0.5) is 0 Å². The molecule has 0 bridgehead atoms. The summed E-state index contributed by atoms with van der Waals surface area (Å²) in [6, 6.07) is 7.46. The van der Waals surface area contributed by atoms with Gasteiger partial charge in [-0.2, -0.15) is 0 Å². The second-order valence-corrected chi connectivity index (χ2v) is 15.3. The van der Waals surface area contributed by atoms with Crippen molar-refractivity contribution in [2.45, 2.75) is 143 Å². The van der Waals surface area contributed by atoms with E-state index in [1.165, 1.54) is 0 Å². The zero-order chi connectivity index (χ0) is 29.9. The molecular formula is C34H54O4. The maximum Gasteiger partial charge on any atom is 0.123 e. The van der Waals surface area contributed by atoms with E-state index < -0.39 is 11.2 Å². The van der Waals surface area contributed by atoms with Gasteiger partial charge in [0, 0.05) is 0 Å². The largest absolute Gasteiger partial charge is 0.507 e. The van der Waals surface area contributed by atoms with Crippen LogP contribution in [-0.4, -0.2) is 20.4 Å². The van der Waals surface area contributed by atoms with Gasteiger partial charge in [-0.05, 0) is 92.1 Å². The Morgan fingerprint density at radius 3 is 0.763 bits per heavy atom. The van der Waals surface area contributed by atoms with Crippen molar-refractivity contribution < 1.29 is 20.4 Å². The van der Waals surface area contributed by atoms with E-state index in [0.717, 1.165) is 22.3 Å². The number of phenols is 2. The van der Waals surface area contributed by atoms with Crippen molar-refractivity contribution in [2.24, 2.45) is 0 Å². The molecule has 0 radical (unpaired) electrons. The molecule has 0 amide bonds. The Labute approximate surface area is 232 Å². The lowest BCUT2D eigenvalue weighted by Gasteiger charge is -2.45. The van der Waals surface area contributed by atoms with E-state index >= 15 is 0 Å². The molecule has 0 spiro atoms.